The van der Waals surface area contributed by atoms with Gasteiger partial charge in [-0.1, -0.05) is 23.7 Å². The quantitative estimate of drug-likeness (QED) is 0.880. The lowest BCUT2D eigenvalue weighted by Gasteiger charge is -2.26. The second-order valence-corrected chi connectivity index (χ2v) is 6.40. The summed E-state index contributed by atoms with van der Waals surface area (Å²) in [6, 6.07) is 6.85. The lowest BCUT2D eigenvalue weighted by atomic mass is 10.0. The summed E-state index contributed by atoms with van der Waals surface area (Å²) in [6.07, 6.45) is 3.50. The first-order valence-electron chi connectivity index (χ1n) is 5.68. The maximum atomic E-state index is 12.0. The Kier molecular flexibility index (Phi) is 2.78. The Morgan fingerprint density at radius 2 is 2.12 bits per heavy atom. The molecule has 2 nitrogen and oxygen atoms in total. The van der Waals surface area contributed by atoms with E-state index >= 15 is 0 Å². The maximum Gasteiger partial charge on any atom is 0.0622 e. The monoisotopic (exact) mass is 255 g/mol. The Labute approximate surface area is 103 Å². The molecular formula is C12H14ClNOS. The van der Waals surface area contributed by atoms with Crippen molar-refractivity contribution in [2.24, 2.45) is 0 Å². The number of nitrogens with one attached hydrogen (secondary N) is 1. The fourth-order valence-electron chi connectivity index (χ4n) is 2.23. The molecule has 1 aromatic rings. The van der Waals surface area contributed by atoms with Gasteiger partial charge in [-0.05, 0) is 30.9 Å². The smallest absolute Gasteiger partial charge is 0.0622 e. The van der Waals surface area contributed by atoms with Crippen molar-refractivity contribution in [3.63, 3.8) is 0 Å². The minimum Gasteiger partial charge on any atom is -0.307 e. The summed E-state index contributed by atoms with van der Waals surface area (Å²) in [5, 5.41) is 4.25. The van der Waals surface area contributed by atoms with E-state index in [-0.39, 0.29) is 0 Å². The van der Waals surface area contributed by atoms with Crippen molar-refractivity contribution >= 4 is 22.4 Å². The Morgan fingerprint density at radius 3 is 2.88 bits per heavy atom. The fraction of sp³-hybridized carbons (Fsp3) is 0.500. The van der Waals surface area contributed by atoms with E-state index in [1.807, 2.05) is 12.1 Å². The molecule has 1 aromatic carbocycles. The second kappa shape index (κ2) is 4.13. The summed E-state index contributed by atoms with van der Waals surface area (Å²) in [7, 11) is -0.914. The molecule has 1 aliphatic heterocycles. The molecule has 1 fully saturated rings. The summed E-state index contributed by atoms with van der Waals surface area (Å²) in [4.78, 5) is 0.855. The molecule has 0 spiro atoms. The molecular weight excluding hydrogens is 242 g/mol. The molecule has 0 saturated heterocycles. The van der Waals surface area contributed by atoms with Crippen molar-refractivity contribution in [3.8, 4) is 0 Å². The number of benzene rings is 1. The molecule has 2 unspecified atom stereocenters. The van der Waals surface area contributed by atoms with Crippen molar-refractivity contribution in [1.82, 2.24) is 5.32 Å². The highest BCUT2D eigenvalue weighted by Gasteiger charge is 2.31. The van der Waals surface area contributed by atoms with Gasteiger partial charge in [-0.3, -0.25) is 4.21 Å². The summed E-state index contributed by atoms with van der Waals surface area (Å²) in [5.41, 5.74) is 1.14. The highest BCUT2D eigenvalue weighted by molar-refractivity contribution is 7.85. The molecule has 0 amide bonds. The van der Waals surface area contributed by atoms with Crippen molar-refractivity contribution in [2.75, 3.05) is 5.75 Å². The Balaban J connectivity index is 1.98. The van der Waals surface area contributed by atoms with Gasteiger partial charge in [0.2, 0.25) is 0 Å². The van der Waals surface area contributed by atoms with E-state index in [1.54, 1.807) is 0 Å². The van der Waals surface area contributed by atoms with E-state index in [1.165, 1.54) is 12.8 Å². The van der Waals surface area contributed by atoms with Gasteiger partial charge in [-0.25, -0.2) is 0 Å². The third-order valence-corrected chi connectivity index (χ3v) is 5.15. The van der Waals surface area contributed by atoms with Crippen LogP contribution in [0.4, 0.5) is 0 Å². The molecule has 0 radical (unpaired) electrons. The SMILES string of the molecule is O=S1CCC(NC2CC2)c2cccc(Cl)c21. The predicted octanol–water partition coefficient (Wildman–Crippen LogP) is 2.64. The average Bonchev–Trinajstić information content (AvgIpc) is 3.06. The van der Waals surface area contributed by atoms with Gasteiger partial charge in [0.25, 0.3) is 0 Å². The van der Waals surface area contributed by atoms with Gasteiger partial charge in [0.05, 0.1) is 20.7 Å². The van der Waals surface area contributed by atoms with Crippen molar-refractivity contribution in [3.05, 3.63) is 28.8 Å². The first kappa shape index (κ1) is 10.8. The van der Waals surface area contributed by atoms with Crippen LogP contribution < -0.4 is 5.32 Å². The zero-order chi connectivity index (χ0) is 11.1. The molecule has 16 heavy (non-hydrogen) atoms. The molecule has 1 heterocycles. The Bertz CT molecular complexity index is 445. The molecule has 3 rings (SSSR count). The molecule has 4 heteroatoms. The lowest BCUT2D eigenvalue weighted by Crippen LogP contribution is -2.29. The first-order chi connectivity index (χ1) is 7.75. The predicted molar refractivity (Wildman–Crippen MR) is 66.2 cm³/mol. The van der Waals surface area contributed by atoms with Crippen LogP contribution in [0.3, 0.4) is 0 Å². The van der Waals surface area contributed by atoms with Crippen molar-refractivity contribution in [1.29, 1.82) is 0 Å². The Hall–Kier alpha value is -0.380. The molecule has 1 saturated carbocycles. The molecule has 1 aliphatic carbocycles. The van der Waals surface area contributed by atoms with E-state index in [9.17, 15) is 4.21 Å². The molecule has 86 valence electrons. The third kappa shape index (κ3) is 1.92. The van der Waals surface area contributed by atoms with Crippen LogP contribution in [0.1, 0.15) is 30.9 Å². The zero-order valence-electron chi connectivity index (χ0n) is 8.91. The van der Waals surface area contributed by atoms with Crippen LogP contribution >= 0.6 is 11.6 Å². The molecule has 0 aromatic heterocycles. The van der Waals surface area contributed by atoms with Crippen LogP contribution in [0.2, 0.25) is 5.02 Å². The summed E-state index contributed by atoms with van der Waals surface area (Å²) in [5.74, 6) is 0.723. The zero-order valence-corrected chi connectivity index (χ0v) is 10.5. The van der Waals surface area contributed by atoms with Gasteiger partial charge >= 0.3 is 0 Å². The van der Waals surface area contributed by atoms with Crippen molar-refractivity contribution in [2.45, 2.75) is 36.2 Å². The van der Waals surface area contributed by atoms with Gasteiger partial charge in [0.1, 0.15) is 0 Å². The fourth-order valence-corrected chi connectivity index (χ4v) is 4.08. The minimum absolute atomic E-state index is 0.346. The number of halogens is 1. The third-order valence-electron chi connectivity index (χ3n) is 3.21. The van der Waals surface area contributed by atoms with Crippen LogP contribution in [0, 0.1) is 0 Å². The van der Waals surface area contributed by atoms with E-state index < -0.39 is 10.8 Å². The summed E-state index contributed by atoms with van der Waals surface area (Å²) < 4.78 is 12.0. The van der Waals surface area contributed by atoms with Gasteiger partial charge < -0.3 is 5.32 Å². The topological polar surface area (TPSA) is 29.1 Å². The van der Waals surface area contributed by atoms with Gasteiger partial charge in [0.15, 0.2) is 0 Å². The van der Waals surface area contributed by atoms with Gasteiger partial charge in [-0.15, -0.1) is 0 Å². The van der Waals surface area contributed by atoms with Gasteiger partial charge in [0, 0.05) is 17.8 Å². The van der Waals surface area contributed by atoms with Crippen LogP contribution in [0.25, 0.3) is 0 Å². The van der Waals surface area contributed by atoms with Crippen LogP contribution in [0.15, 0.2) is 23.1 Å². The lowest BCUT2D eigenvalue weighted by molar-refractivity contribution is 0.501. The van der Waals surface area contributed by atoms with E-state index in [2.05, 4.69) is 11.4 Å². The first-order valence-corrected chi connectivity index (χ1v) is 7.38. The van der Waals surface area contributed by atoms with Crippen LogP contribution in [-0.4, -0.2) is 16.0 Å². The highest BCUT2D eigenvalue weighted by atomic mass is 35.5. The second-order valence-electron chi connectivity index (χ2n) is 4.49. The number of hydrogen-bond acceptors (Lipinski definition) is 2. The minimum atomic E-state index is -0.914. The van der Waals surface area contributed by atoms with Crippen LogP contribution in [0.5, 0.6) is 0 Å². The summed E-state index contributed by atoms with van der Waals surface area (Å²) >= 11 is 6.13. The average molecular weight is 256 g/mol. The van der Waals surface area contributed by atoms with Gasteiger partial charge in [-0.2, -0.15) is 0 Å². The number of rotatable bonds is 2. The Morgan fingerprint density at radius 1 is 1.31 bits per heavy atom. The van der Waals surface area contributed by atoms with E-state index in [0.29, 0.717) is 17.1 Å². The highest BCUT2D eigenvalue weighted by Crippen LogP contribution is 2.36. The molecule has 1 N–H and O–H groups in total. The van der Waals surface area contributed by atoms with E-state index in [0.717, 1.165) is 22.6 Å². The van der Waals surface area contributed by atoms with E-state index in [4.69, 9.17) is 11.6 Å². The maximum absolute atomic E-state index is 12.0. The summed E-state index contributed by atoms with van der Waals surface area (Å²) in [6.45, 7) is 0. The molecule has 2 aliphatic rings. The largest absolute Gasteiger partial charge is 0.307 e. The molecule has 2 atom stereocenters. The number of fused-ring (bicyclic) bond motifs is 1. The molecule has 0 bridgehead atoms. The van der Waals surface area contributed by atoms with Crippen molar-refractivity contribution < 1.29 is 4.21 Å². The normalized spacial score (nSPS) is 28.8. The standard InChI is InChI=1S/C12H14ClNOS/c13-10-3-1-2-9-11(14-8-4-5-8)6-7-16(15)12(9)10/h1-3,8,11,14H,4-7H2. The number of hydrogen-bond donors (Lipinski definition) is 1. The van der Waals surface area contributed by atoms with Crippen LogP contribution in [-0.2, 0) is 10.8 Å².